The van der Waals surface area contributed by atoms with E-state index in [4.69, 9.17) is 29.4 Å². The maximum atomic E-state index is 14.9. The Labute approximate surface area is 659 Å². The second kappa shape index (κ2) is 45.5. The van der Waals surface area contributed by atoms with E-state index < -0.39 is 126 Å². The molecule has 2 aliphatic heterocycles. The summed E-state index contributed by atoms with van der Waals surface area (Å²) in [6, 6.07) is 14.6. The average Bonchev–Trinajstić information content (AvgIpc) is 1.42. The van der Waals surface area contributed by atoms with Gasteiger partial charge in [0, 0.05) is 89.6 Å². The normalized spacial score (nSPS) is 16.5. The largest absolute Gasteiger partial charge is 0.445 e. The standard InChI is InChI=1S/C83H118N12O17/c1-15-54(8)74(66(108-13)48-70(99)94-43-23-31-65(94)76(109-14)55(9)77(101)87-56(10)75(100)60-26-17-18-27-60)92(11)81(105)72(52(4)5)91-80(104)73(53(6)7)93(12)83(107)112-50-57-32-36-62(37-33-57)88-78(102)63(29-22-41-86-82(84)106)89-79(103)71(51(2)3)90-68(97)40-44-110-46-47-111-45-42-85-67(96)38-39-69(98)95-49-61-28-19-16-24-58(61)34-35-59-25-20-21-30-64(59)95/h16-21,24-26,28,30,32-33,36-37,51-56,63,65-66,71-76,100H,15,22-23,29,31,38-50H2,1-14H3,(H,85,96)(H,87,101)(H,88,102)(H,89,103)(H,90,97)(H,91,104)(H3,84,86,106)/t54-,55+,56+,63-,65-,66+,71-,72-,73-,74-,75+,76+/m0/s1. The predicted octanol–water partition coefficient (Wildman–Crippen LogP) is 6.14. The van der Waals surface area contributed by atoms with Crippen LogP contribution in [0.15, 0.2) is 102 Å². The van der Waals surface area contributed by atoms with Gasteiger partial charge in [-0.1, -0.05) is 129 Å². The number of amides is 12. The molecule has 0 unspecified atom stereocenters. The summed E-state index contributed by atoms with van der Waals surface area (Å²) in [5, 5.41) is 30.3. The number of anilines is 2. The second-order valence-corrected chi connectivity index (χ2v) is 29.7. The molecule has 112 heavy (non-hydrogen) atoms. The molecule has 12 atom stereocenters. The number of carbonyl (C=O) groups excluding carboxylic acids is 11. The van der Waals surface area contributed by atoms with Crippen molar-refractivity contribution in [1.29, 1.82) is 0 Å². The minimum atomic E-state index is -1.14. The van der Waals surface area contributed by atoms with E-state index in [1.165, 1.54) is 26.2 Å². The lowest BCUT2D eigenvalue weighted by molar-refractivity contribution is -0.148. The molecule has 0 aromatic heterocycles. The number of hydrogen-bond donors (Lipinski definition) is 9. The van der Waals surface area contributed by atoms with Gasteiger partial charge in [0.15, 0.2) is 0 Å². The molecular formula is C83H118N12O17. The van der Waals surface area contributed by atoms with Crippen LogP contribution in [0, 0.1) is 41.4 Å². The number of hydrogen-bond acceptors (Lipinski definition) is 17. The number of carbonyl (C=O) groups is 11. The first kappa shape index (κ1) is 90.9. The number of urea groups is 1. The van der Waals surface area contributed by atoms with E-state index in [-0.39, 0.29) is 114 Å². The molecule has 612 valence electrons. The Morgan fingerprint density at radius 3 is 1.98 bits per heavy atom. The van der Waals surface area contributed by atoms with Crippen molar-refractivity contribution < 1.29 is 81.5 Å². The number of ether oxygens (including phenoxy) is 5. The van der Waals surface area contributed by atoms with E-state index in [9.17, 15) is 57.8 Å². The maximum Gasteiger partial charge on any atom is 0.410 e. The Morgan fingerprint density at radius 1 is 0.670 bits per heavy atom. The predicted molar refractivity (Wildman–Crippen MR) is 423 cm³/mol. The van der Waals surface area contributed by atoms with Gasteiger partial charge in [-0.05, 0) is 110 Å². The van der Waals surface area contributed by atoms with E-state index in [1.54, 1.807) is 120 Å². The number of methoxy groups -OCH3 is 2. The zero-order chi connectivity index (χ0) is 82.3. The number of nitrogens with zero attached hydrogens (tertiary/aromatic N) is 4. The summed E-state index contributed by atoms with van der Waals surface area (Å²) in [5.41, 5.74) is 12.8. The molecular weight excluding hydrogens is 1440 g/mol. The van der Waals surface area contributed by atoms with Crippen LogP contribution in [-0.4, -0.2) is 220 Å². The molecule has 10 N–H and O–H groups in total. The summed E-state index contributed by atoms with van der Waals surface area (Å²) < 4.78 is 29.0. The van der Waals surface area contributed by atoms with E-state index in [1.807, 2.05) is 62.4 Å². The van der Waals surface area contributed by atoms with E-state index in [2.05, 4.69) is 54.8 Å². The molecule has 1 saturated heterocycles. The van der Waals surface area contributed by atoms with Crippen LogP contribution in [0.5, 0.6) is 0 Å². The summed E-state index contributed by atoms with van der Waals surface area (Å²) in [7, 11) is 6.07. The summed E-state index contributed by atoms with van der Waals surface area (Å²) >= 11 is 0. The van der Waals surface area contributed by atoms with Gasteiger partial charge in [-0.2, -0.15) is 0 Å². The van der Waals surface area contributed by atoms with Crippen LogP contribution in [-0.2, 0) is 80.0 Å². The lowest BCUT2D eigenvalue weighted by Gasteiger charge is -2.41. The van der Waals surface area contributed by atoms with Crippen molar-refractivity contribution >= 4 is 76.7 Å². The fraction of sp³-hybridized carbons (Fsp3) is 0.566. The molecule has 0 bridgehead atoms. The quantitative estimate of drug-likeness (QED) is 0.0174. The van der Waals surface area contributed by atoms with Crippen molar-refractivity contribution in [3.05, 3.63) is 125 Å². The first-order chi connectivity index (χ1) is 53.4. The average molecular weight is 1560 g/mol. The molecule has 0 spiro atoms. The van der Waals surface area contributed by atoms with Gasteiger partial charge in [0.2, 0.25) is 53.2 Å². The highest BCUT2D eigenvalue weighted by Crippen LogP contribution is 2.32. The lowest BCUT2D eigenvalue weighted by Crippen LogP contribution is -2.60. The zero-order valence-electron chi connectivity index (χ0n) is 67.4. The Kier molecular flexibility index (Phi) is 37.0. The van der Waals surface area contributed by atoms with Crippen molar-refractivity contribution in [2.75, 3.05) is 84.6 Å². The monoisotopic (exact) mass is 1550 g/mol. The van der Waals surface area contributed by atoms with Crippen molar-refractivity contribution in [2.24, 2.45) is 35.3 Å². The highest BCUT2D eigenvalue weighted by Gasteiger charge is 2.44. The van der Waals surface area contributed by atoms with Crippen LogP contribution in [0.2, 0.25) is 0 Å². The molecule has 3 aliphatic rings. The van der Waals surface area contributed by atoms with Gasteiger partial charge in [0.1, 0.15) is 36.9 Å². The zero-order valence-corrected chi connectivity index (χ0v) is 67.4. The molecule has 1 fully saturated rings. The fourth-order valence-electron chi connectivity index (χ4n) is 13.9. The molecule has 3 aromatic carbocycles. The van der Waals surface area contributed by atoms with E-state index in [0.29, 0.717) is 54.9 Å². The number of rotatable bonds is 44. The third kappa shape index (κ3) is 26.9. The number of primary amides is 1. The Balaban J connectivity index is 0.950. The smallest absolute Gasteiger partial charge is 0.410 e. The highest BCUT2D eigenvalue weighted by molar-refractivity contribution is 5.99. The number of aliphatic hydroxyl groups excluding tert-OH is 1. The number of para-hydroxylation sites is 1. The summed E-state index contributed by atoms with van der Waals surface area (Å²) in [6.07, 6.45) is 3.86. The second-order valence-electron chi connectivity index (χ2n) is 29.7. The molecule has 0 radical (unpaired) electrons. The van der Waals surface area contributed by atoms with E-state index >= 15 is 0 Å². The van der Waals surface area contributed by atoms with Crippen molar-refractivity contribution in [3.63, 3.8) is 0 Å². The summed E-state index contributed by atoms with van der Waals surface area (Å²) in [4.78, 5) is 156. The van der Waals surface area contributed by atoms with Crippen LogP contribution < -0.4 is 47.9 Å². The van der Waals surface area contributed by atoms with E-state index in [0.717, 1.165) is 16.7 Å². The Bertz CT molecular complexity index is 3870. The third-order valence-electron chi connectivity index (χ3n) is 20.5. The van der Waals surface area contributed by atoms with Gasteiger partial charge in [-0.25, -0.2) is 9.59 Å². The molecule has 6 rings (SSSR count). The molecule has 1 aliphatic carbocycles. The van der Waals surface area contributed by atoms with Crippen LogP contribution in [0.3, 0.4) is 0 Å². The molecule has 3 aromatic rings. The van der Waals surface area contributed by atoms with Crippen molar-refractivity contribution in [3.8, 4) is 11.8 Å². The Hall–Kier alpha value is -9.95. The number of nitrogens with one attached hydrogen (secondary N) is 7. The molecule has 2 heterocycles. The van der Waals surface area contributed by atoms with Crippen molar-refractivity contribution in [1.82, 2.24) is 46.6 Å². The number of fused-ring (bicyclic) bond motifs is 2. The number of aliphatic hydroxyl groups is 1. The lowest BCUT2D eigenvalue weighted by atomic mass is 9.89. The number of benzene rings is 3. The maximum absolute atomic E-state index is 14.9. The third-order valence-corrected chi connectivity index (χ3v) is 20.5. The topological polar surface area (TPSA) is 377 Å². The first-order valence-corrected chi connectivity index (χ1v) is 38.8. The molecule has 0 saturated carbocycles. The van der Waals surface area contributed by atoms with Crippen LogP contribution in [0.1, 0.15) is 149 Å². The van der Waals surface area contributed by atoms with Crippen LogP contribution >= 0.6 is 0 Å². The number of allylic oxidation sites excluding steroid dienone is 1. The highest BCUT2D eigenvalue weighted by atomic mass is 16.6. The van der Waals surface area contributed by atoms with Gasteiger partial charge in [0.25, 0.3) is 0 Å². The van der Waals surface area contributed by atoms with Gasteiger partial charge >= 0.3 is 12.1 Å². The SMILES string of the molecule is CC[C@H](C)[C@@H]([C@@H](CC(=O)N1CCC[C@H]1[C@H](OC)[C@@H](C)C(=O)N[C@H](C)[C@@H](O)C1=C=CC=C1)OC)N(C)C(=O)[C@@H](NC(=O)[C@H](C(C)C)N(C)C(=O)OCc1ccc(NC(=O)[C@H](CCCNC(N)=O)NC(=O)[C@@H](NC(=O)CCOCCOCCNC(=O)CCC(=O)N2Cc3ccccc3C#Cc3ccccc32)C(C)C)cc1)C(C)C. The first-order valence-electron chi connectivity index (χ1n) is 38.8. The van der Waals surface area contributed by atoms with Gasteiger partial charge in [0.05, 0.1) is 81.3 Å². The number of nitrogens with two attached hydrogens (primary N) is 1. The summed E-state index contributed by atoms with van der Waals surface area (Å²) in [5.74, 6) is 0.349. The summed E-state index contributed by atoms with van der Waals surface area (Å²) in [6.45, 7) is 19.3. The fourth-order valence-corrected chi connectivity index (χ4v) is 13.9. The molecule has 29 heteroatoms. The molecule has 12 amide bonds. The van der Waals surface area contributed by atoms with Crippen LogP contribution in [0.4, 0.5) is 21.0 Å². The van der Waals surface area contributed by atoms with Crippen molar-refractivity contribution in [2.45, 2.75) is 201 Å². The number of likely N-dealkylation sites (N-methyl/N-ethyl adjacent to an activating group) is 2. The Morgan fingerprint density at radius 2 is 1.34 bits per heavy atom. The molecule has 29 nitrogen and oxygen atoms in total. The number of likely N-dealkylation sites (tertiary alicyclic amines) is 1. The minimum absolute atomic E-state index is 0.00395. The van der Waals surface area contributed by atoms with Gasteiger partial charge < -0.3 is 86.4 Å². The van der Waals surface area contributed by atoms with Crippen LogP contribution in [0.25, 0.3) is 0 Å². The van der Waals surface area contributed by atoms with Gasteiger partial charge in [-0.3, -0.25) is 48.1 Å². The minimum Gasteiger partial charge on any atom is -0.445 e. The van der Waals surface area contributed by atoms with Gasteiger partial charge in [-0.15, -0.1) is 5.73 Å².